The number of hydrogen-bond acceptors (Lipinski definition) is 7. The zero-order chi connectivity index (χ0) is 33.1. The highest BCUT2D eigenvalue weighted by atomic mass is 19.1. The Labute approximate surface area is 270 Å². The summed E-state index contributed by atoms with van der Waals surface area (Å²) in [6.07, 6.45) is 5.79. The van der Waals surface area contributed by atoms with Crippen molar-refractivity contribution in [2.75, 3.05) is 44.0 Å². The Morgan fingerprint density at radius 2 is 1.78 bits per heavy atom. The predicted molar refractivity (Wildman–Crippen MR) is 176 cm³/mol. The summed E-state index contributed by atoms with van der Waals surface area (Å²) in [5, 5.41) is 15.6. The number of carbonyl (C=O) groups excluding carboxylic acids is 2. The molecule has 0 aliphatic carbocycles. The van der Waals surface area contributed by atoms with E-state index in [2.05, 4.69) is 34.5 Å². The lowest BCUT2D eigenvalue weighted by Gasteiger charge is -2.36. The molecule has 0 fully saturated rings. The van der Waals surface area contributed by atoms with Gasteiger partial charge in [0, 0.05) is 55.9 Å². The van der Waals surface area contributed by atoms with Crippen LogP contribution in [-0.4, -0.2) is 83.4 Å². The number of nitrogens with one attached hydrogen (secondary N) is 2. The Hall–Kier alpha value is -4.06. The number of anilines is 2. The molecule has 0 spiro atoms. The Morgan fingerprint density at radius 1 is 1.09 bits per heavy atom. The first-order valence-electron chi connectivity index (χ1n) is 15.9. The van der Waals surface area contributed by atoms with E-state index >= 15 is 0 Å². The number of likely N-dealkylation sites (N-methyl/N-ethyl adjacent to an activating group) is 1. The van der Waals surface area contributed by atoms with Crippen molar-refractivity contribution in [2.24, 2.45) is 5.92 Å². The molecular formula is C35H46FN5O5. The second-order valence-electron chi connectivity index (χ2n) is 12.1. The number of rotatable bonds is 8. The van der Waals surface area contributed by atoms with Crippen molar-refractivity contribution in [3.05, 3.63) is 83.9 Å². The summed E-state index contributed by atoms with van der Waals surface area (Å²) in [5.74, 6) is -0.381. The molecule has 11 heteroatoms. The Kier molecular flexibility index (Phi) is 12.9. The van der Waals surface area contributed by atoms with E-state index in [9.17, 15) is 19.1 Å². The molecule has 248 valence electrons. The zero-order valence-electron chi connectivity index (χ0n) is 27.1. The second-order valence-corrected chi connectivity index (χ2v) is 12.1. The van der Waals surface area contributed by atoms with Gasteiger partial charge in [-0.15, -0.1) is 0 Å². The van der Waals surface area contributed by atoms with E-state index in [0.717, 1.165) is 31.4 Å². The first-order valence-corrected chi connectivity index (χ1v) is 15.9. The van der Waals surface area contributed by atoms with Crippen molar-refractivity contribution < 1.29 is 28.6 Å². The molecule has 3 N–H and O–H groups in total. The van der Waals surface area contributed by atoms with Crippen LogP contribution in [0.25, 0.3) is 0 Å². The smallest absolute Gasteiger partial charge is 0.323 e. The molecule has 4 rings (SSSR count). The molecule has 10 nitrogen and oxygen atoms in total. The van der Waals surface area contributed by atoms with Gasteiger partial charge in [0.1, 0.15) is 11.6 Å². The quantitative estimate of drug-likeness (QED) is 0.287. The van der Waals surface area contributed by atoms with Crippen LogP contribution in [0.1, 0.15) is 56.0 Å². The summed E-state index contributed by atoms with van der Waals surface area (Å²) in [6, 6.07) is 13.4. The van der Waals surface area contributed by atoms with E-state index in [1.807, 2.05) is 19.1 Å². The Balaban J connectivity index is 1.58. The first kappa shape index (κ1) is 34.8. The van der Waals surface area contributed by atoms with E-state index in [-0.39, 0.29) is 36.2 Å². The number of benzene rings is 2. The lowest BCUT2D eigenvalue weighted by atomic mass is 10.0. The standard InChI is InChI=1S/C35H46FN5O5/c1-24-20-41(25(2)23-42)34(43)31-19-30(39-35(44)38-29-10-8-28(36)9-11-29)12-13-32(31)46-26(3)7-5-6-18-45-33(24)22-40(4)21-27-14-16-37-17-15-27/h8-17,19,24-26,33,42H,5-7,18,20-23H2,1-4H3,(H2,38,39,44)/t24-,25+,26-,33+/m0/s1. The maximum atomic E-state index is 14.3. The van der Waals surface area contributed by atoms with Crippen LogP contribution in [0.5, 0.6) is 5.75 Å². The topological polar surface area (TPSA) is 116 Å². The number of hydrogen-bond donors (Lipinski definition) is 3. The highest BCUT2D eigenvalue weighted by molar-refractivity contribution is 6.02. The van der Waals surface area contributed by atoms with E-state index in [0.29, 0.717) is 36.8 Å². The molecule has 2 aromatic carbocycles. The largest absolute Gasteiger partial charge is 0.490 e. The van der Waals surface area contributed by atoms with Gasteiger partial charge in [-0.05, 0) is 100 Å². The summed E-state index contributed by atoms with van der Waals surface area (Å²) in [6.45, 7) is 7.95. The number of carbonyl (C=O) groups is 2. The number of amides is 3. The minimum absolute atomic E-state index is 0.0631. The number of aliphatic hydroxyl groups excluding tert-OH is 1. The molecule has 0 bridgehead atoms. The van der Waals surface area contributed by atoms with Crippen LogP contribution in [0.2, 0.25) is 0 Å². The average molecular weight is 636 g/mol. The molecule has 1 aromatic heterocycles. The number of halogens is 1. The number of ether oxygens (including phenoxy) is 2. The molecule has 0 unspecified atom stereocenters. The van der Waals surface area contributed by atoms with E-state index < -0.39 is 17.9 Å². The second kappa shape index (κ2) is 17.0. The molecular weight excluding hydrogens is 589 g/mol. The number of fused-ring (bicyclic) bond motifs is 1. The van der Waals surface area contributed by atoms with Gasteiger partial charge >= 0.3 is 6.03 Å². The fourth-order valence-electron chi connectivity index (χ4n) is 5.46. The number of urea groups is 1. The third-order valence-corrected chi connectivity index (χ3v) is 8.10. The third kappa shape index (κ3) is 10.2. The van der Waals surface area contributed by atoms with Crippen molar-refractivity contribution in [1.82, 2.24) is 14.8 Å². The number of nitrogens with zero attached hydrogens (tertiary/aromatic N) is 3. The molecule has 46 heavy (non-hydrogen) atoms. The third-order valence-electron chi connectivity index (χ3n) is 8.10. The van der Waals surface area contributed by atoms with Crippen LogP contribution in [0, 0.1) is 11.7 Å². The first-order chi connectivity index (χ1) is 22.1. The van der Waals surface area contributed by atoms with Gasteiger partial charge in [0.2, 0.25) is 0 Å². The lowest BCUT2D eigenvalue weighted by Crippen LogP contribution is -2.47. The van der Waals surface area contributed by atoms with Crippen molar-refractivity contribution in [3.8, 4) is 5.75 Å². The van der Waals surface area contributed by atoms with Gasteiger partial charge in [0.05, 0.1) is 30.4 Å². The van der Waals surface area contributed by atoms with Gasteiger partial charge in [0.25, 0.3) is 5.91 Å². The molecule has 0 saturated heterocycles. The van der Waals surface area contributed by atoms with E-state index in [4.69, 9.17) is 9.47 Å². The van der Waals surface area contributed by atoms with Gasteiger partial charge in [-0.1, -0.05) is 6.92 Å². The highest BCUT2D eigenvalue weighted by Gasteiger charge is 2.30. The van der Waals surface area contributed by atoms with E-state index in [1.54, 1.807) is 42.4 Å². The predicted octanol–water partition coefficient (Wildman–Crippen LogP) is 5.79. The summed E-state index contributed by atoms with van der Waals surface area (Å²) < 4.78 is 26.0. The van der Waals surface area contributed by atoms with Crippen LogP contribution >= 0.6 is 0 Å². The van der Waals surface area contributed by atoms with Crippen molar-refractivity contribution >= 4 is 23.3 Å². The van der Waals surface area contributed by atoms with Crippen LogP contribution in [0.15, 0.2) is 67.0 Å². The van der Waals surface area contributed by atoms with Crippen molar-refractivity contribution in [3.63, 3.8) is 0 Å². The van der Waals surface area contributed by atoms with Crippen molar-refractivity contribution in [2.45, 2.75) is 64.8 Å². The summed E-state index contributed by atoms with van der Waals surface area (Å²) in [4.78, 5) is 35.0. The van der Waals surface area contributed by atoms with Gasteiger partial charge < -0.3 is 30.1 Å². The number of pyridine rings is 1. The molecule has 1 aliphatic rings. The van der Waals surface area contributed by atoms with Gasteiger partial charge in [0.15, 0.2) is 0 Å². The van der Waals surface area contributed by atoms with Gasteiger partial charge in [-0.3, -0.25) is 14.7 Å². The minimum atomic E-state index is -0.542. The monoisotopic (exact) mass is 635 g/mol. The molecule has 4 atom stereocenters. The SMILES string of the molecule is C[C@H](CO)N1C[C@H](C)[C@@H](CN(C)Cc2ccncc2)OCCCC[C@H](C)Oc2ccc(NC(=O)Nc3ccc(F)cc3)cc2C1=O. The highest BCUT2D eigenvalue weighted by Crippen LogP contribution is 2.29. The molecule has 3 aromatic rings. The van der Waals surface area contributed by atoms with Gasteiger partial charge in [-0.2, -0.15) is 0 Å². The van der Waals surface area contributed by atoms with E-state index in [1.165, 1.54) is 24.3 Å². The van der Waals surface area contributed by atoms with Crippen LogP contribution in [-0.2, 0) is 11.3 Å². The van der Waals surface area contributed by atoms with Crippen molar-refractivity contribution in [1.29, 1.82) is 0 Å². The Morgan fingerprint density at radius 3 is 2.50 bits per heavy atom. The zero-order valence-corrected chi connectivity index (χ0v) is 27.1. The fraction of sp³-hybridized carbons (Fsp3) is 0.457. The molecule has 0 radical (unpaired) electrons. The van der Waals surface area contributed by atoms with Crippen LogP contribution in [0.4, 0.5) is 20.6 Å². The Bertz CT molecular complexity index is 1410. The summed E-state index contributed by atoms with van der Waals surface area (Å²) >= 11 is 0. The van der Waals surface area contributed by atoms with Crippen LogP contribution < -0.4 is 15.4 Å². The number of aliphatic hydroxyl groups is 1. The fourth-order valence-corrected chi connectivity index (χ4v) is 5.46. The molecule has 3 amide bonds. The maximum Gasteiger partial charge on any atom is 0.323 e. The molecule has 0 saturated carbocycles. The normalized spacial score (nSPS) is 20.3. The average Bonchev–Trinajstić information content (AvgIpc) is 3.04. The van der Waals surface area contributed by atoms with Gasteiger partial charge in [-0.25, -0.2) is 9.18 Å². The maximum absolute atomic E-state index is 14.3. The number of aromatic nitrogens is 1. The molecule has 2 heterocycles. The molecule has 1 aliphatic heterocycles. The minimum Gasteiger partial charge on any atom is -0.490 e. The lowest BCUT2D eigenvalue weighted by molar-refractivity contribution is -0.0177. The summed E-state index contributed by atoms with van der Waals surface area (Å²) in [7, 11) is 2.05. The van der Waals surface area contributed by atoms with Crippen LogP contribution in [0.3, 0.4) is 0 Å². The summed E-state index contributed by atoms with van der Waals surface area (Å²) in [5.41, 5.74) is 2.24.